The fraction of sp³-hybridized carbons (Fsp3) is 1.00. The number of ether oxygens (including phenoxy) is 1. The third-order valence-corrected chi connectivity index (χ3v) is 2.79. The molecule has 0 amide bonds. The molecule has 2 N–H and O–H groups in total. The quantitative estimate of drug-likeness (QED) is 0.597. The van der Waals surface area contributed by atoms with Gasteiger partial charge in [-0.05, 0) is 7.05 Å². The maximum absolute atomic E-state index is 5.71. The van der Waals surface area contributed by atoms with Gasteiger partial charge in [-0.3, -0.25) is 4.90 Å². The minimum atomic E-state index is 0.395. The molecule has 13 heavy (non-hydrogen) atoms. The summed E-state index contributed by atoms with van der Waals surface area (Å²) in [5, 5.41) is 0. The number of hydrogen-bond acceptors (Lipinski definition) is 4. The van der Waals surface area contributed by atoms with Crippen LogP contribution >= 0.6 is 0 Å². The average molecular weight is 185 g/mol. The first-order chi connectivity index (χ1) is 6.24. The van der Waals surface area contributed by atoms with Gasteiger partial charge in [-0.1, -0.05) is 0 Å². The molecule has 0 spiro atoms. The molecule has 2 aliphatic rings. The first-order valence-electron chi connectivity index (χ1n) is 5.02. The highest BCUT2D eigenvalue weighted by atomic mass is 16.5. The van der Waals surface area contributed by atoms with Crippen LogP contribution < -0.4 is 5.73 Å². The molecule has 2 fully saturated rings. The summed E-state index contributed by atoms with van der Waals surface area (Å²) in [6, 6.07) is 0.404. The van der Waals surface area contributed by atoms with Crippen molar-refractivity contribution >= 4 is 0 Å². The molecule has 0 aromatic carbocycles. The fourth-order valence-electron chi connectivity index (χ4n) is 2.02. The SMILES string of the molecule is CN1CCOC(CN2CC(N)C2)C1. The summed E-state index contributed by atoms with van der Waals surface area (Å²) in [4.78, 5) is 4.70. The van der Waals surface area contributed by atoms with Crippen LogP contribution in [-0.2, 0) is 4.74 Å². The fourth-order valence-corrected chi connectivity index (χ4v) is 2.02. The number of likely N-dealkylation sites (N-methyl/N-ethyl adjacent to an activating group) is 1. The van der Waals surface area contributed by atoms with Crippen LogP contribution in [0.15, 0.2) is 0 Å². The Labute approximate surface area is 79.6 Å². The summed E-state index contributed by atoms with van der Waals surface area (Å²) in [7, 11) is 2.15. The van der Waals surface area contributed by atoms with Crippen LogP contribution in [0.5, 0.6) is 0 Å². The van der Waals surface area contributed by atoms with Crippen LogP contribution in [0.4, 0.5) is 0 Å². The first-order valence-corrected chi connectivity index (χ1v) is 5.02. The van der Waals surface area contributed by atoms with Gasteiger partial charge in [0.15, 0.2) is 0 Å². The van der Waals surface area contributed by atoms with Crippen molar-refractivity contribution < 1.29 is 4.74 Å². The zero-order valence-corrected chi connectivity index (χ0v) is 8.28. The minimum absolute atomic E-state index is 0.395. The van der Waals surface area contributed by atoms with E-state index in [1.54, 1.807) is 0 Å². The number of rotatable bonds is 2. The van der Waals surface area contributed by atoms with Crippen molar-refractivity contribution in [3.05, 3.63) is 0 Å². The second kappa shape index (κ2) is 3.92. The van der Waals surface area contributed by atoms with Gasteiger partial charge in [-0.2, -0.15) is 0 Å². The van der Waals surface area contributed by atoms with Crippen LogP contribution in [0.2, 0.25) is 0 Å². The Hall–Kier alpha value is -0.160. The second-order valence-electron chi connectivity index (χ2n) is 4.23. The third-order valence-electron chi connectivity index (χ3n) is 2.79. The number of morpholine rings is 1. The van der Waals surface area contributed by atoms with Crippen molar-refractivity contribution in [2.45, 2.75) is 12.1 Å². The molecule has 0 radical (unpaired) electrons. The van der Waals surface area contributed by atoms with E-state index in [4.69, 9.17) is 10.5 Å². The van der Waals surface area contributed by atoms with E-state index in [0.29, 0.717) is 12.1 Å². The smallest absolute Gasteiger partial charge is 0.0829 e. The molecule has 4 nitrogen and oxygen atoms in total. The standard InChI is InChI=1S/C9H19N3O/c1-11-2-3-13-9(6-11)7-12-4-8(10)5-12/h8-9H,2-7,10H2,1H3. The van der Waals surface area contributed by atoms with Gasteiger partial charge in [0.1, 0.15) is 0 Å². The summed E-state index contributed by atoms with van der Waals surface area (Å²) in [5.41, 5.74) is 5.71. The average Bonchev–Trinajstić information content (AvgIpc) is 2.01. The lowest BCUT2D eigenvalue weighted by Crippen LogP contribution is -2.59. The van der Waals surface area contributed by atoms with E-state index < -0.39 is 0 Å². The van der Waals surface area contributed by atoms with Gasteiger partial charge < -0.3 is 15.4 Å². The molecule has 4 heteroatoms. The zero-order valence-electron chi connectivity index (χ0n) is 8.28. The lowest BCUT2D eigenvalue weighted by Gasteiger charge is -2.40. The Kier molecular flexibility index (Phi) is 2.83. The van der Waals surface area contributed by atoms with E-state index in [0.717, 1.165) is 39.3 Å². The normalized spacial score (nSPS) is 33.2. The molecule has 0 aliphatic carbocycles. The van der Waals surface area contributed by atoms with Crippen LogP contribution in [0.3, 0.4) is 0 Å². The number of nitrogens with zero attached hydrogens (tertiary/aromatic N) is 2. The molecule has 1 unspecified atom stereocenters. The van der Waals surface area contributed by atoms with Crippen LogP contribution in [0.1, 0.15) is 0 Å². The predicted molar refractivity (Wildman–Crippen MR) is 51.7 cm³/mol. The molecule has 2 heterocycles. The largest absolute Gasteiger partial charge is 0.374 e. The molecule has 0 aromatic heterocycles. The third kappa shape index (κ3) is 2.40. The monoisotopic (exact) mass is 185 g/mol. The van der Waals surface area contributed by atoms with Crippen LogP contribution in [0.25, 0.3) is 0 Å². The molecule has 0 aromatic rings. The molecule has 2 saturated heterocycles. The number of hydrogen-bond donors (Lipinski definition) is 1. The van der Waals surface area contributed by atoms with E-state index in [1.807, 2.05) is 0 Å². The summed E-state index contributed by atoms with van der Waals surface area (Å²) in [6.07, 6.45) is 0.395. The highest BCUT2D eigenvalue weighted by molar-refractivity contribution is 4.85. The van der Waals surface area contributed by atoms with E-state index in [1.165, 1.54) is 0 Å². The van der Waals surface area contributed by atoms with E-state index in [-0.39, 0.29) is 0 Å². The highest BCUT2D eigenvalue weighted by Crippen LogP contribution is 2.10. The molecule has 0 saturated carbocycles. The van der Waals surface area contributed by atoms with Gasteiger partial charge in [0.25, 0.3) is 0 Å². The van der Waals surface area contributed by atoms with Crippen molar-refractivity contribution in [2.24, 2.45) is 5.73 Å². The Balaban J connectivity index is 1.69. The van der Waals surface area contributed by atoms with E-state index in [2.05, 4.69) is 16.8 Å². The van der Waals surface area contributed by atoms with E-state index >= 15 is 0 Å². The van der Waals surface area contributed by atoms with Gasteiger partial charge in [-0.25, -0.2) is 0 Å². The minimum Gasteiger partial charge on any atom is -0.374 e. The lowest BCUT2D eigenvalue weighted by molar-refractivity contribution is -0.0461. The highest BCUT2D eigenvalue weighted by Gasteiger charge is 2.27. The molecule has 1 atom stereocenters. The zero-order chi connectivity index (χ0) is 9.26. The maximum Gasteiger partial charge on any atom is 0.0829 e. The molecule has 2 aliphatic heterocycles. The Morgan fingerprint density at radius 1 is 1.38 bits per heavy atom. The molecule has 0 bridgehead atoms. The number of likely N-dealkylation sites (tertiary alicyclic amines) is 1. The van der Waals surface area contributed by atoms with Gasteiger partial charge >= 0.3 is 0 Å². The topological polar surface area (TPSA) is 41.7 Å². The Morgan fingerprint density at radius 2 is 2.15 bits per heavy atom. The van der Waals surface area contributed by atoms with Crippen molar-refractivity contribution in [3.8, 4) is 0 Å². The Morgan fingerprint density at radius 3 is 2.77 bits per heavy atom. The van der Waals surface area contributed by atoms with Gasteiger partial charge in [-0.15, -0.1) is 0 Å². The molecule has 2 rings (SSSR count). The van der Waals surface area contributed by atoms with Gasteiger partial charge in [0, 0.05) is 38.8 Å². The molecule has 76 valence electrons. The van der Waals surface area contributed by atoms with Gasteiger partial charge in [0.2, 0.25) is 0 Å². The predicted octanol–water partition coefficient (Wildman–Crippen LogP) is -1.04. The lowest BCUT2D eigenvalue weighted by atomic mass is 10.1. The summed E-state index contributed by atoms with van der Waals surface area (Å²) < 4.78 is 5.67. The first kappa shape index (κ1) is 9.40. The van der Waals surface area contributed by atoms with Crippen molar-refractivity contribution in [1.82, 2.24) is 9.80 Å². The Bertz CT molecular complexity index is 170. The van der Waals surface area contributed by atoms with Crippen molar-refractivity contribution in [1.29, 1.82) is 0 Å². The van der Waals surface area contributed by atoms with Crippen LogP contribution in [-0.4, -0.2) is 68.3 Å². The van der Waals surface area contributed by atoms with Crippen LogP contribution in [0, 0.1) is 0 Å². The summed E-state index contributed by atoms with van der Waals surface area (Å²) in [6.45, 7) is 6.15. The number of nitrogens with two attached hydrogens (primary N) is 1. The van der Waals surface area contributed by atoms with Crippen molar-refractivity contribution in [3.63, 3.8) is 0 Å². The molecular weight excluding hydrogens is 166 g/mol. The second-order valence-corrected chi connectivity index (χ2v) is 4.23. The maximum atomic E-state index is 5.71. The van der Waals surface area contributed by atoms with E-state index in [9.17, 15) is 0 Å². The van der Waals surface area contributed by atoms with Gasteiger partial charge in [0.05, 0.1) is 12.7 Å². The molecular formula is C9H19N3O. The van der Waals surface area contributed by atoms with Crippen molar-refractivity contribution in [2.75, 3.05) is 46.4 Å². The summed E-state index contributed by atoms with van der Waals surface area (Å²) >= 11 is 0. The summed E-state index contributed by atoms with van der Waals surface area (Å²) in [5.74, 6) is 0.